The fourth-order valence-corrected chi connectivity index (χ4v) is 4.77. The molecule has 0 aromatic heterocycles. The number of nitrogens with zero attached hydrogens (tertiary/aromatic N) is 2. The molecule has 0 saturated heterocycles. The Balaban J connectivity index is 0.00000342. The molecule has 0 saturated carbocycles. The fraction of sp³-hybridized carbons (Fsp3) is 0. The van der Waals surface area contributed by atoms with E-state index in [0.29, 0.717) is 5.69 Å². The summed E-state index contributed by atoms with van der Waals surface area (Å²) in [5.41, 5.74) is 6.80. The summed E-state index contributed by atoms with van der Waals surface area (Å²) in [5.74, 6) is -0.709. The molecule has 4 rings (SSSR count). The minimum absolute atomic E-state index is 0. The third-order valence-electron chi connectivity index (χ3n) is 4.80. The van der Waals surface area contributed by atoms with Crippen LogP contribution in [-0.2, 0) is 20.1 Å². The molecule has 174 valence electrons. The Morgan fingerprint density at radius 1 is 0.829 bits per heavy atom. The van der Waals surface area contributed by atoms with E-state index in [1.165, 1.54) is 36.4 Å². The standard InChI is InChI=1S/C22H18N4O6S2.Na/c23-19-11-6-14-12-18(34(30,31)32)13-20(27)21(14)22(19)25-24-15-7-9-17(10-8-15)33(28,29)26-16-4-2-1-3-5-16;/h1-13,26-27H,23H2,(H,30,31,32);/q;+1/p-1. The number of benzene rings is 4. The third kappa shape index (κ3) is 5.99. The molecule has 0 unspecified atom stereocenters. The molecule has 0 radical (unpaired) electrons. The SMILES string of the molecule is Nc1ccc2cc(S(=O)(=O)O)cc([O-])c2c1N=Nc1ccc(S(=O)(=O)Nc2ccccc2)cc1.[Na+]. The molecule has 0 aliphatic rings. The van der Waals surface area contributed by atoms with Gasteiger partial charge in [0.25, 0.3) is 20.1 Å². The maximum Gasteiger partial charge on any atom is 1.00 e. The van der Waals surface area contributed by atoms with E-state index in [9.17, 15) is 26.5 Å². The minimum Gasteiger partial charge on any atom is -0.872 e. The Hall–Kier alpha value is -3.00. The normalized spacial score (nSPS) is 11.9. The van der Waals surface area contributed by atoms with Gasteiger partial charge in [-0.15, -0.1) is 5.11 Å². The number of nitrogens with one attached hydrogen (secondary N) is 1. The Morgan fingerprint density at radius 3 is 2.11 bits per heavy atom. The largest absolute Gasteiger partial charge is 1.00 e. The van der Waals surface area contributed by atoms with E-state index in [0.717, 1.165) is 12.1 Å². The van der Waals surface area contributed by atoms with Gasteiger partial charge in [-0.1, -0.05) is 30.0 Å². The molecule has 13 heteroatoms. The minimum atomic E-state index is -4.57. The topological polar surface area (TPSA) is 174 Å². The summed E-state index contributed by atoms with van der Waals surface area (Å²) in [6.45, 7) is 0. The Morgan fingerprint density at radius 2 is 1.49 bits per heavy atom. The van der Waals surface area contributed by atoms with E-state index in [-0.39, 0.29) is 62.3 Å². The molecule has 4 N–H and O–H groups in total. The first-order chi connectivity index (χ1) is 16.0. The van der Waals surface area contributed by atoms with Crippen molar-refractivity contribution < 1.29 is 56.1 Å². The van der Waals surface area contributed by atoms with Crippen LogP contribution in [0.15, 0.2) is 98.9 Å². The summed E-state index contributed by atoms with van der Waals surface area (Å²) in [5, 5.41) is 20.8. The molecule has 10 nitrogen and oxygen atoms in total. The van der Waals surface area contributed by atoms with Crippen molar-refractivity contribution >= 4 is 53.7 Å². The van der Waals surface area contributed by atoms with Crippen LogP contribution in [0.2, 0.25) is 0 Å². The van der Waals surface area contributed by atoms with Crippen molar-refractivity contribution in [2.24, 2.45) is 10.2 Å². The molecule has 0 aliphatic heterocycles. The maximum atomic E-state index is 12.5. The van der Waals surface area contributed by atoms with Gasteiger partial charge in [0.2, 0.25) is 0 Å². The third-order valence-corrected chi connectivity index (χ3v) is 7.02. The van der Waals surface area contributed by atoms with Gasteiger partial charge in [-0.3, -0.25) is 9.27 Å². The average molecular weight is 521 g/mol. The quantitative estimate of drug-likeness (QED) is 0.147. The van der Waals surface area contributed by atoms with Gasteiger partial charge in [0.15, 0.2) is 0 Å². The van der Waals surface area contributed by atoms with Crippen molar-refractivity contribution in [3.8, 4) is 5.75 Å². The summed E-state index contributed by atoms with van der Waals surface area (Å²) in [7, 11) is -8.38. The molecule has 4 aromatic rings. The molecule has 35 heavy (non-hydrogen) atoms. The Bertz CT molecular complexity index is 1630. The second-order valence-corrected chi connectivity index (χ2v) is 10.3. The summed E-state index contributed by atoms with van der Waals surface area (Å²) < 4.78 is 59.6. The second kappa shape index (κ2) is 10.3. The number of para-hydroxylation sites is 1. The van der Waals surface area contributed by atoms with Crippen LogP contribution >= 0.6 is 0 Å². The van der Waals surface area contributed by atoms with E-state index in [1.807, 2.05) is 0 Å². The van der Waals surface area contributed by atoms with Crippen LogP contribution in [0.1, 0.15) is 0 Å². The van der Waals surface area contributed by atoms with Crippen LogP contribution in [0.5, 0.6) is 5.75 Å². The van der Waals surface area contributed by atoms with Crippen molar-refractivity contribution in [3.05, 3.63) is 78.9 Å². The van der Waals surface area contributed by atoms with Gasteiger partial charge in [0, 0.05) is 11.1 Å². The van der Waals surface area contributed by atoms with Crippen LogP contribution in [0.4, 0.5) is 22.7 Å². The summed E-state index contributed by atoms with van der Waals surface area (Å²) >= 11 is 0. The van der Waals surface area contributed by atoms with Gasteiger partial charge in [-0.2, -0.15) is 13.5 Å². The van der Waals surface area contributed by atoms with Gasteiger partial charge < -0.3 is 10.8 Å². The molecule has 0 atom stereocenters. The number of anilines is 2. The van der Waals surface area contributed by atoms with E-state index in [2.05, 4.69) is 15.0 Å². The molecule has 0 fully saturated rings. The van der Waals surface area contributed by atoms with Crippen LogP contribution in [0, 0.1) is 0 Å². The van der Waals surface area contributed by atoms with Gasteiger partial charge in [-0.05, 0) is 60.0 Å². The number of nitrogens with two attached hydrogens (primary N) is 1. The summed E-state index contributed by atoms with van der Waals surface area (Å²) in [6.07, 6.45) is 0. The Labute approximate surface area is 223 Å². The molecule has 0 spiro atoms. The Kier molecular flexibility index (Phi) is 7.84. The number of rotatable bonds is 6. The molecule has 4 aromatic carbocycles. The van der Waals surface area contributed by atoms with Crippen LogP contribution < -0.4 is 45.1 Å². The van der Waals surface area contributed by atoms with E-state index >= 15 is 0 Å². The molecule has 0 heterocycles. The number of hydrogen-bond donors (Lipinski definition) is 3. The average Bonchev–Trinajstić information content (AvgIpc) is 2.78. The van der Waals surface area contributed by atoms with Gasteiger partial charge in [0.05, 0.1) is 21.2 Å². The predicted octanol–water partition coefficient (Wildman–Crippen LogP) is 0.962. The summed E-state index contributed by atoms with van der Waals surface area (Å²) in [4.78, 5) is -0.530. The first-order valence-electron chi connectivity index (χ1n) is 9.65. The number of sulfonamides is 1. The number of nitrogen functional groups attached to an aromatic ring is 1. The molecular weight excluding hydrogens is 503 g/mol. The van der Waals surface area contributed by atoms with Crippen molar-refractivity contribution in [3.63, 3.8) is 0 Å². The number of azo groups is 1. The van der Waals surface area contributed by atoms with Crippen molar-refractivity contribution in [1.82, 2.24) is 0 Å². The van der Waals surface area contributed by atoms with E-state index in [1.54, 1.807) is 30.3 Å². The maximum absolute atomic E-state index is 12.5. The number of fused-ring (bicyclic) bond motifs is 1. The van der Waals surface area contributed by atoms with Crippen LogP contribution in [-0.4, -0.2) is 21.4 Å². The zero-order valence-corrected chi connectivity index (χ0v) is 21.9. The summed E-state index contributed by atoms with van der Waals surface area (Å²) in [6, 6.07) is 18.7. The van der Waals surface area contributed by atoms with Gasteiger partial charge >= 0.3 is 29.6 Å². The van der Waals surface area contributed by atoms with E-state index in [4.69, 9.17) is 5.73 Å². The van der Waals surface area contributed by atoms with Crippen molar-refractivity contribution in [2.45, 2.75) is 9.79 Å². The van der Waals surface area contributed by atoms with Gasteiger partial charge in [0.1, 0.15) is 5.69 Å². The van der Waals surface area contributed by atoms with Crippen LogP contribution in [0.25, 0.3) is 10.8 Å². The molecule has 0 amide bonds. The zero-order valence-electron chi connectivity index (χ0n) is 18.3. The van der Waals surface area contributed by atoms with E-state index < -0.39 is 30.8 Å². The molecule has 0 bridgehead atoms. The van der Waals surface area contributed by atoms with Crippen LogP contribution in [0.3, 0.4) is 0 Å². The smallest absolute Gasteiger partial charge is 0.872 e. The first kappa shape index (κ1) is 26.6. The van der Waals surface area contributed by atoms with Gasteiger partial charge in [-0.25, -0.2) is 8.42 Å². The number of hydrogen-bond acceptors (Lipinski definition) is 8. The second-order valence-electron chi connectivity index (χ2n) is 7.16. The zero-order chi connectivity index (χ0) is 24.5. The fourth-order valence-electron chi connectivity index (χ4n) is 3.18. The molecule has 0 aliphatic carbocycles. The predicted molar refractivity (Wildman–Crippen MR) is 125 cm³/mol. The first-order valence-corrected chi connectivity index (χ1v) is 12.6. The molecular formula is C22H17N4NaO6S2. The monoisotopic (exact) mass is 520 g/mol. The van der Waals surface area contributed by atoms with Crippen molar-refractivity contribution in [1.29, 1.82) is 0 Å². The van der Waals surface area contributed by atoms with Crippen molar-refractivity contribution in [2.75, 3.05) is 10.5 Å².